The number of rotatable bonds is 4. The summed E-state index contributed by atoms with van der Waals surface area (Å²) in [6.45, 7) is 4.50. The lowest BCUT2D eigenvalue weighted by Gasteiger charge is -2.21. The zero-order valence-electron chi connectivity index (χ0n) is 9.89. The quantitative estimate of drug-likeness (QED) is 0.773. The Kier molecular flexibility index (Phi) is 3.25. The minimum atomic E-state index is 0.0591. The Morgan fingerprint density at radius 3 is 2.75 bits per heavy atom. The van der Waals surface area contributed by atoms with Crippen LogP contribution in [-0.2, 0) is 11.3 Å². The van der Waals surface area contributed by atoms with Crippen LogP contribution >= 0.6 is 0 Å². The molecule has 1 aliphatic rings. The van der Waals surface area contributed by atoms with Gasteiger partial charge in [-0.3, -0.25) is 5.01 Å². The normalized spacial score (nSPS) is 24.0. The number of benzene rings is 1. The number of nitrogens with zero attached hydrogens (tertiary/aromatic N) is 2. The second-order valence-corrected chi connectivity index (χ2v) is 4.69. The van der Waals surface area contributed by atoms with Crippen molar-refractivity contribution >= 4 is 6.21 Å². The number of hydrogen-bond acceptors (Lipinski definition) is 3. The molecule has 2 rings (SSSR count). The predicted molar refractivity (Wildman–Crippen MR) is 65.3 cm³/mol. The maximum Gasteiger partial charge on any atom is 0.0717 e. The Morgan fingerprint density at radius 2 is 2.12 bits per heavy atom. The maximum atomic E-state index is 5.74. The molecule has 0 saturated heterocycles. The van der Waals surface area contributed by atoms with Crippen molar-refractivity contribution in [3.05, 3.63) is 35.9 Å². The Bertz CT molecular complexity index is 363. The first-order chi connectivity index (χ1) is 7.68. The highest BCUT2D eigenvalue weighted by Gasteiger charge is 2.28. The molecule has 3 nitrogen and oxygen atoms in total. The summed E-state index contributed by atoms with van der Waals surface area (Å²) in [6.07, 6.45) is 1.98. The van der Waals surface area contributed by atoms with E-state index in [0.717, 1.165) is 13.2 Å². The van der Waals surface area contributed by atoms with Crippen molar-refractivity contribution < 1.29 is 4.74 Å². The molecule has 16 heavy (non-hydrogen) atoms. The highest BCUT2D eigenvalue weighted by atomic mass is 16.5. The highest BCUT2D eigenvalue weighted by molar-refractivity contribution is 5.67. The van der Waals surface area contributed by atoms with Crippen LogP contribution in [0, 0.1) is 5.41 Å². The van der Waals surface area contributed by atoms with Gasteiger partial charge < -0.3 is 4.74 Å². The van der Waals surface area contributed by atoms with Crippen LogP contribution in [0.1, 0.15) is 12.5 Å². The number of hydrogen-bond donors (Lipinski definition) is 0. The average molecular weight is 218 g/mol. The summed E-state index contributed by atoms with van der Waals surface area (Å²) in [4.78, 5) is 0. The summed E-state index contributed by atoms with van der Waals surface area (Å²) in [5.74, 6) is 0. The molecule has 1 aromatic rings. The van der Waals surface area contributed by atoms with E-state index in [4.69, 9.17) is 4.74 Å². The predicted octanol–water partition coefficient (Wildman–Crippen LogP) is 2.14. The van der Waals surface area contributed by atoms with Crippen LogP contribution in [-0.4, -0.2) is 31.4 Å². The third-order valence-electron chi connectivity index (χ3n) is 2.70. The van der Waals surface area contributed by atoms with Gasteiger partial charge in [0.15, 0.2) is 0 Å². The fourth-order valence-corrected chi connectivity index (χ4v) is 1.90. The van der Waals surface area contributed by atoms with Gasteiger partial charge in [-0.2, -0.15) is 5.10 Å². The lowest BCUT2D eigenvalue weighted by Crippen LogP contribution is -2.29. The Morgan fingerprint density at radius 1 is 1.38 bits per heavy atom. The van der Waals surface area contributed by atoms with Crippen LogP contribution in [0.5, 0.6) is 0 Å². The Labute approximate surface area is 96.7 Å². The molecule has 0 radical (unpaired) electrons. The minimum absolute atomic E-state index is 0.0591. The van der Waals surface area contributed by atoms with Crippen molar-refractivity contribution in [3.8, 4) is 0 Å². The van der Waals surface area contributed by atoms with Crippen LogP contribution in [0.3, 0.4) is 0 Å². The highest BCUT2D eigenvalue weighted by Crippen LogP contribution is 2.21. The van der Waals surface area contributed by atoms with Gasteiger partial charge in [0.1, 0.15) is 0 Å². The zero-order chi connectivity index (χ0) is 11.4. The summed E-state index contributed by atoms with van der Waals surface area (Å²) < 4.78 is 5.74. The molecule has 0 amide bonds. The fourth-order valence-electron chi connectivity index (χ4n) is 1.90. The second kappa shape index (κ2) is 4.66. The van der Waals surface area contributed by atoms with E-state index in [1.807, 2.05) is 36.5 Å². The van der Waals surface area contributed by atoms with Crippen molar-refractivity contribution in [2.45, 2.75) is 13.5 Å². The van der Waals surface area contributed by atoms with Gasteiger partial charge in [-0.15, -0.1) is 0 Å². The molecule has 0 aliphatic carbocycles. The first-order valence-corrected chi connectivity index (χ1v) is 5.56. The molecule has 86 valence electrons. The largest absolute Gasteiger partial charge is 0.376 e. The topological polar surface area (TPSA) is 24.8 Å². The van der Waals surface area contributed by atoms with Crippen LogP contribution in [0.15, 0.2) is 35.4 Å². The van der Waals surface area contributed by atoms with Gasteiger partial charge in [0.25, 0.3) is 0 Å². The number of hydrazone groups is 1. The molecule has 0 aromatic heterocycles. The standard InChI is InChI=1S/C13H18N2O/c1-13(9-14-15(2)10-13)11-16-8-12-6-4-3-5-7-12/h3-7,9H,8,10-11H2,1-2H3. The van der Waals surface area contributed by atoms with E-state index in [9.17, 15) is 0 Å². The van der Waals surface area contributed by atoms with Gasteiger partial charge >= 0.3 is 0 Å². The third kappa shape index (κ3) is 2.83. The molecular formula is C13H18N2O. The molecule has 3 heteroatoms. The van der Waals surface area contributed by atoms with Crippen LogP contribution in [0.4, 0.5) is 0 Å². The van der Waals surface area contributed by atoms with E-state index < -0.39 is 0 Å². The van der Waals surface area contributed by atoms with Crippen molar-refractivity contribution in [3.63, 3.8) is 0 Å². The van der Waals surface area contributed by atoms with Crippen molar-refractivity contribution in [1.29, 1.82) is 0 Å². The molecule has 0 N–H and O–H groups in total. The van der Waals surface area contributed by atoms with Gasteiger partial charge in [0.05, 0.1) is 13.2 Å². The Balaban J connectivity index is 1.79. The van der Waals surface area contributed by atoms with E-state index in [1.54, 1.807) is 0 Å². The van der Waals surface area contributed by atoms with E-state index in [-0.39, 0.29) is 5.41 Å². The van der Waals surface area contributed by atoms with Gasteiger partial charge in [-0.1, -0.05) is 37.3 Å². The molecule has 1 unspecified atom stereocenters. The zero-order valence-corrected chi connectivity index (χ0v) is 9.89. The second-order valence-electron chi connectivity index (χ2n) is 4.69. The minimum Gasteiger partial charge on any atom is -0.376 e. The smallest absolute Gasteiger partial charge is 0.0717 e. The molecule has 0 bridgehead atoms. The maximum absolute atomic E-state index is 5.74. The molecule has 1 atom stereocenters. The monoisotopic (exact) mass is 218 g/mol. The first kappa shape index (κ1) is 11.1. The first-order valence-electron chi connectivity index (χ1n) is 5.56. The van der Waals surface area contributed by atoms with E-state index in [1.165, 1.54) is 5.56 Å². The van der Waals surface area contributed by atoms with E-state index in [2.05, 4.69) is 24.2 Å². The van der Waals surface area contributed by atoms with Crippen molar-refractivity contribution in [1.82, 2.24) is 5.01 Å². The van der Waals surface area contributed by atoms with Crippen LogP contribution in [0.25, 0.3) is 0 Å². The average Bonchev–Trinajstić information content (AvgIpc) is 2.60. The molecular weight excluding hydrogens is 200 g/mol. The molecule has 1 aromatic carbocycles. The summed E-state index contributed by atoms with van der Waals surface area (Å²) in [6, 6.07) is 10.2. The lowest BCUT2D eigenvalue weighted by molar-refractivity contribution is 0.0683. The summed E-state index contributed by atoms with van der Waals surface area (Å²) in [5, 5.41) is 6.19. The lowest BCUT2D eigenvalue weighted by atomic mass is 9.94. The molecule has 0 spiro atoms. The van der Waals surface area contributed by atoms with E-state index in [0.29, 0.717) is 6.61 Å². The van der Waals surface area contributed by atoms with Crippen molar-refractivity contribution in [2.75, 3.05) is 20.2 Å². The summed E-state index contributed by atoms with van der Waals surface area (Å²) in [7, 11) is 1.99. The number of ether oxygens (including phenoxy) is 1. The third-order valence-corrected chi connectivity index (χ3v) is 2.70. The van der Waals surface area contributed by atoms with Crippen LogP contribution in [0.2, 0.25) is 0 Å². The van der Waals surface area contributed by atoms with Gasteiger partial charge in [-0.25, -0.2) is 0 Å². The molecule has 0 fully saturated rings. The van der Waals surface area contributed by atoms with Gasteiger partial charge in [0, 0.05) is 25.2 Å². The fraction of sp³-hybridized carbons (Fsp3) is 0.462. The van der Waals surface area contributed by atoms with Gasteiger partial charge in [-0.05, 0) is 5.56 Å². The van der Waals surface area contributed by atoms with Gasteiger partial charge in [0.2, 0.25) is 0 Å². The SMILES string of the molecule is CN1CC(C)(COCc2ccccc2)C=N1. The van der Waals surface area contributed by atoms with Crippen LogP contribution < -0.4 is 0 Å². The van der Waals surface area contributed by atoms with Crippen molar-refractivity contribution in [2.24, 2.45) is 10.5 Å². The Hall–Kier alpha value is -1.35. The summed E-state index contributed by atoms with van der Waals surface area (Å²) >= 11 is 0. The molecule has 1 heterocycles. The molecule has 0 saturated carbocycles. The van der Waals surface area contributed by atoms with E-state index >= 15 is 0 Å². The molecule has 1 aliphatic heterocycles. The summed E-state index contributed by atoms with van der Waals surface area (Å²) in [5.41, 5.74) is 1.28.